The molecule has 0 atom stereocenters. The van der Waals surface area contributed by atoms with E-state index in [0.717, 1.165) is 32.4 Å². The van der Waals surface area contributed by atoms with Crippen molar-refractivity contribution in [1.82, 2.24) is 5.32 Å². The zero-order chi connectivity index (χ0) is 33.1. The van der Waals surface area contributed by atoms with Crippen molar-refractivity contribution in [1.29, 1.82) is 0 Å². The number of imide groups is 2. The summed E-state index contributed by atoms with van der Waals surface area (Å²) in [6.07, 6.45) is 1.41. The minimum absolute atomic E-state index is 0.221. The summed E-state index contributed by atoms with van der Waals surface area (Å²) in [5.74, 6) is -0.168. The number of carbonyl (C=O) groups is 3. The molecule has 0 unspecified atom stereocenters. The number of halogens is 2. The number of barbiturate groups is 1. The van der Waals surface area contributed by atoms with Crippen molar-refractivity contribution in [2.75, 3.05) is 12.0 Å². The predicted octanol–water partition coefficient (Wildman–Crippen LogP) is 8.40. The van der Waals surface area contributed by atoms with Crippen molar-refractivity contribution in [3.63, 3.8) is 0 Å². The lowest BCUT2D eigenvalue weighted by atomic mass is 10.0. The van der Waals surface area contributed by atoms with E-state index in [1.807, 2.05) is 31.2 Å². The summed E-state index contributed by atoms with van der Waals surface area (Å²) >= 11 is 9.51. The maximum atomic E-state index is 13.5. The van der Waals surface area contributed by atoms with Crippen molar-refractivity contribution in [3.05, 3.63) is 134 Å². The van der Waals surface area contributed by atoms with Gasteiger partial charge in [-0.1, -0.05) is 60.1 Å². The van der Waals surface area contributed by atoms with Gasteiger partial charge in [0.05, 0.1) is 17.3 Å². The third-order valence-electron chi connectivity index (χ3n) is 7.71. The number of aryl methyl sites for hydroxylation is 1. The second-order valence-electron chi connectivity index (χ2n) is 10.8. The summed E-state index contributed by atoms with van der Waals surface area (Å²) in [7, 11) is 1.51. The van der Waals surface area contributed by atoms with E-state index in [1.165, 1.54) is 13.2 Å². The number of anilines is 1. The molecule has 0 saturated carbocycles. The third-order valence-corrected chi connectivity index (χ3v) is 8.55. The topological polar surface area (TPSA) is 94.2 Å². The lowest BCUT2D eigenvalue weighted by Crippen LogP contribution is -2.54. The lowest BCUT2D eigenvalue weighted by Gasteiger charge is -2.26. The molecule has 0 aliphatic carbocycles. The largest absolute Gasteiger partial charge is 0.493 e. The Bertz CT molecular complexity index is 2040. The van der Waals surface area contributed by atoms with E-state index in [2.05, 4.69) is 45.5 Å². The van der Waals surface area contributed by atoms with Gasteiger partial charge in [0, 0.05) is 10.6 Å². The monoisotopic (exact) mass is 710 g/mol. The summed E-state index contributed by atoms with van der Waals surface area (Å²) in [4.78, 5) is 40.1. The van der Waals surface area contributed by atoms with Gasteiger partial charge in [0.2, 0.25) is 0 Å². The van der Waals surface area contributed by atoms with Crippen LogP contribution in [-0.4, -0.2) is 25.0 Å². The van der Waals surface area contributed by atoms with Crippen LogP contribution < -0.4 is 24.4 Å². The van der Waals surface area contributed by atoms with E-state index in [0.29, 0.717) is 45.5 Å². The van der Waals surface area contributed by atoms with E-state index in [4.69, 9.17) is 25.8 Å². The second kappa shape index (κ2) is 13.7. The molecule has 1 aliphatic heterocycles. The summed E-state index contributed by atoms with van der Waals surface area (Å²) in [6.45, 7) is 2.65. The van der Waals surface area contributed by atoms with Crippen LogP contribution >= 0.6 is 27.5 Å². The van der Waals surface area contributed by atoms with E-state index in [1.54, 1.807) is 48.5 Å². The Morgan fingerprint density at radius 3 is 2.36 bits per heavy atom. The fraction of sp³-hybridized carbons (Fsp3) is 0.108. The molecule has 0 radical (unpaired) electrons. The molecule has 0 aromatic heterocycles. The smallest absolute Gasteiger partial charge is 0.335 e. The number of carbonyl (C=O) groups excluding carboxylic acids is 3. The highest BCUT2D eigenvalue weighted by Gasteiger charge is 2.37. The molecule has 1 heterocycles. The van der Waals surface area contributed by atoms with E-state index < -0.39 is 17.8 Å². The minimum Gasteiger partial charge on any atom is -0.493 e. The average Bonchev–Trinajstić information content (AvgIpc) is 3.07. The van der Waals surface area contributed by atoms with Crippen molar-refractivity contribution in [2.45, 2.75) is 20.1 Å². The van der Waals surface area contributed by atoms with Gasteiger partial charge in [-0.3, -0.25) is 14.9 Å². The Morgan fingerprint density at radius 1 is 0.872 bits per heavy atom. The number of methoxy groups -OCH3 is 1. The van der Waals surface area contributed by atoms with Crippen molar-refractivity contribution in [2.24, 2.45) is 0 Å². The second-order valence-corrected chi connectivity index (χ2v) is 12.1. The molecule has 236 valence electrons. The number of benzene rings is 5. The maximum absolute atomic E-state index is 13.5. The van der Waals surface area contributed by atoms with Gasteiger partial charge < -0.3 is 14.2 Å². The van der Waals surface area contributed by atoms with Gasteiger partial charge in [0.25, 0.3) is 11.8 Å². The summed E-state index contributed by atoms with van der Waals surface area (Å²) < 4.78 is 18.3. The highest BCUT2D eigenvalue weighted by molar-refractivity contribution is 9.10. The lowest BCUT2D eigenvalue weighted by molar-refractivity contribution is -0.122. The number of urea groups is 1. The Kier molecular flexibility index (Phi) is 9.29. The first kappa shape index (κ1) is 31.8. The summed E-state index contributed by atoms with van der Waals surface area (Å²) in [5.41, 5.74) is 3.62. The molecular weight excluding hydrogens is 684 g/mol. The van der Waals surface area contributed by atoms with Crippen molar-refractivity contribution in [3.8, 4) is 17.2 Å². The van der Waals surface area contributed by atoms with Gasteiger partial charge >= 0.3 is 6.03 Å². The number of fused-ring (bicyclic) bond motifs is 1. The van der Waals surface area contributed by atoms with Crippen LogP contribution in [0, 0.1) is 6.92 Å². The van der Waals surface area contributed by atoms with Gasteiger partial charge in [0.15, 0.2) is 11.5 Å². The summed E-state index contributed by atoms with van der Waals surface area (Å²) in [6, 6.07) is 28.5. The minimum atomic E-state index is -0.849. The van der Waals surface area contributed by atoms with E-state index >= 15 is 0 Å². The molecule has 0 bridgehead atoms. The molecule has 5 aromatic rings. The van der Waals surface area contributed by atoms with Gasteiger partial charge in [-0.15, -0.1) is 0 Å². The summed E-state index contributed by atoms with van der Waals surface area (Å²) in [5, 5.41) is 5.11. The first-order valence-corrected chi connectivity index (χ1v) is 15.8. The van der Waals surface area contributed by atoms with Gasteiger partial charge in [0.1, 0.15) is 24.5 Å². The number of nitrogens with zero attached hydrogens (tertiary/aromatic N) is 1. The molecule has 1 saturated heterocycles. The highest BCUT2D eigenvalue weighted by Crippen LogP contribution is 2.39. The van der Waals surface area contributed by atoms with Crippen molar-refractivity contribution < 1.29 is 28.6 Å². The Hall–Kier alpha value is -5.12. The zero-order valence-electron chi connectivity index (χ0n) is 25.4. The van der Waals surface area contributed by atoms with Crippen LogP contribution in [0.25, 0.3) is 16.8 Å². The Balaban J connectivity index is 1.21. The maximum Gasteiger partial charge on any atom is 0.335 e. The van der Waals surface area contributed by atoms with Crippen LogP contribution in [0.5, 0.6) is 17.2 Å². The zero-order valence-corrected chi connectivity index (χ0v) is 27.7. The molecule has 10 heteroatoms. The molecule has 8 nitrogen and oxygen atoms in total. The molecule has 5 aromatic carbocycles. The van der Waals surface area contributed by atoms with Gasteiger partial charge in [-0.25, -0.2) is 9.69 Å². The van der Waals surface area contributed by atoms with Crippen LogP contribution in [0.2, 0.25) is 5.02 Å². The van der Waals surface area contributed by atoms with Gasteiger partial charge in [-0.2, -0.15) is 0 Å². The molecule has 1 N–H and O–H groups in total. The number of hydrogen-bond donors (Lipinski definition) is 1. The molecular formula is C37H28BrClN2O6. The molecule has 4 amide bonds. The van der Waals surface area contributed by atoms with E-state index in [9.17, 15) is 14.4 Å². The molecule has 6 rings (SSSR count). The predicted molar refractivity (Wildman–Crippen MR) is 185 cm³/mol. The Morgan fingerprint density at radius 2 is 1.62 bits per heavy atom. The van der Waals surface area contributed by atoms with Crippen LogP contribution in [-0.2, 0) is 22.8 Å². The fourth-order valence-electron chi connectivity index (χ4n) is 5.24. The normalized spacial score (nSPS) is 14.0. The van der Waals surface area contributed by atoms with Gasteiger partial charge in [-0.05, 0) is 105 Å². The third kappa shape index (κ3) is 6.86. The number of hydrogen-bond acceptors (Lipinski definition) is 6. The number of rotatable bonds is 9. The molecule has 1 aliphatic rings. The molecule has 1 fully saturated rings. The number of nitrogens with one attached hydrogen (secondary N) is 1. The van der Waals surface area contributed by atoms with Crippen LogP contribution in [0.3, 0.4) is 0 Å². The first-order chi connectivity index (χ1) is 22.7. The SMILES string of the molecule is COc1cc(/C=C2\C(=O)NC(=O)N(c3ccc(OCc4ccc(Cl)cc4)cc3)C2=O)cc(Br)c1OCc1c(C)ccc2ccccc12. The quantitative estimate of drug-likeness (QED) is 0.122. The average molecular weight is 712 g/mol. The molecule has 47 heavy (non-hydrogen) atoms. The Labute approximate surface area is 284 Å². The standard InChI is InChI=1S/C37H28BrClN2O6/c1-22-7-10-25-5-3-4-6-29(25)31(22)21-47-34-32(38)18-24(19-33(34)45-2)17-30-35(42)40-37(44)41(36(30)43)27-13-15-28(16-14-27)46-20-23-8-11-26(39)12-9-23/h3-19H,20-21H2,1-2H3,(H,40,42,44)/b30-17+. The van der Waals surface area contributed by atoms with E-state index in [-0.39, 0.29) is 11.3 Å². The van der Waals surface area contributed by atoms with Crippen molar-refractivity contribution >= 4 is 67.9 Å². The number of amides is 4. The first-order valence-electron chi connectivity index (χ1n) is 14.6. The van der Waals surface area contributed by atoms with Crippen LogP contribution in [0.1, 0.15) is 22.3 Å². The highest BCUT2D eigenvalue weighted by atomic mass is 79.9. The number of ether oxygens (including phenoxy) is 3. The van der Waals surface area contributed by atoms with Crippen LogP contribution in [0.4, 0.5) is 10.5 Å². The van der Waals surface area contributed by atoms with Crippen LogP contribution in [0.15, 0.2) is 107 Å². The molecule has 0 spiro atoms. The fourth-order valence-corrected chi connectivity index (χ4v) is 5.94.